The molecule has 3 N–H and O–H groups in total. The van der Waals surface area contributed by atoms with Gasteiger partial charge in [0, 0.05) is 24.9 Å². The second-order valence-electron chi connectivity index (χ2n) is 8.62. The number of nitrogens with two attached hydrogens (primary N) is 1. The van der Waals surface area contributed by atoms with E-state index in [-0.39, 0.29) is 6.15 Å². The Balaban J connectivity index is 0.00000103. The van der Waals surface area contributed by atoms with E-state index in [0.717, 1.165) is 69.2 Å². The number of rotatable bonds is 10. The number of carbonyl (C=O) groups excluding carboxylic acids is 2. The molecule has 1 aliphatic carbocycles. The van der Waals surface area contributed by atoms with E-state index >= 15 is 0 Å². The van der Waals surface area contributed by atoms with Crippen LogP contribution in [0, 0.1) is 6.92 Å². The van der Waals surface area contributed by atoms with Crippen LogP contribution in [0.1, 0.15) is 41.1 Å². The van der Waals surface area contributed by atoms with Gasteiger partial charge < -0.3 is 16.0 Å². The molecule has 0 radical (unpaired) electrons. The molecule has 0 fully saturated rings. The molecule has 0 spiro atoms. The number of aromatic nitrogens is 2. The maximum absolute atomic E-state index is 8.12. The molecular weight excluding hydrogens is 426 g/mol. The monoisotopic (exact) mass is 459 g/mol. The van der Waals surface area contributed by atoms with E-state index in [1.165, 1.54) is 27.8 Å². The van der Waals surface area contributed by atoms with Gasteiger partial charge in [0.2, 0.25) is 0 Å². The van der Waals surface area contributed by atoms with Gasteiger partial charge in [0.1, 0.15) is 11.6 Å². The van der Waals surface area contributed by atoms with Crippen LogP contribution < -0.4 is 11.1 Å². The minimum absolute atomic E-state index is 0.250. The van der Waals surface area contributed by atoms with Gasteiger partial charge in [-0.3, -0.25) is 0 Å². The summed E-state index contributed by atoms with van der Waals surface area (Å²) in [6.45, 7) is 5.89. The summed E-state index contributed by atoms with van der Waals surface area (Å²) in [6, 6.07) is 17.2. The maximum Gasteiger partial charge on any atom is 0.373 e. The van der Waals surface area contributed by atoms with Crippen molar-refractivity contribution in [3.8, 4) is 11.1 Å². The van der Waals surface area contributed by atoms with Crippen molar-refractivity contribution >= 4 is 12.0 Å². The molecule has 0 saturated carbocycles. The molecule has 0 unspecified atom stereocenters. The third kappa shape index (κ3) is 6.81. The maximum atomic E-state index is 8.12. The molecule has 3 aromatic rings. The predicted molar refractivity (Wildman–Crippen MR) is 134 cm³/mol. The quantitative estimate of drug-likeness (QED) is 0.350. The smallest absolute Gasteiger partial charge is 0.369 e. The van der Waals surface area contributed by atoms with Crippen molar-refractivity contribution in [3.05, 3.63) is 76.7 Å². The van der Waals surface area contributed by atoms with Crippen molar-refractivity contribution in [2.24, 2.45) is 5.73 Å². The van der Waals surface area contributed by atoms with Gasteiger partial charge >= 0.3 is 6.15 Å². The second-order valence-corrected chi connectivity index (χ2v) is 8.62. The summed E-state index contributed by atoms with van der Waals surface area (Å²) >= 11 is 0. The molecule has 0 bridgehead atoms. The summed E-state index contributed by atoms with van der Waals surface area (Å²) in [5.41, 5.74) is 13.1. The standard InChI is InChI=1S/C26H33N5.CO2/c1-19-10-11-22-21(16-19)18-23-25(22)26(28-13-7-15-31(2)14-6-12-27)30-24(29-23)17-20-8-4-3-5-9-20;2-1-3/h3-5,8-11,16H,6-7,12-15,17-18,27H2,1-2H3,(H,28,29,30);. The molecule has 0 amide bonds. The minimum atomic E-state index is 0.250. The van der Waals surface area contributed by atoms with E-state index in [4.69, 9.17) is 25.3 Å². The van der Waals surface area contributed by atoms with Gasteiger partial charge in [-0.15, -0.1) is 0 Å². The van der Waals surface area contributed by atoms with Gasteiger partial charge in [-0.2, -0.15) is 9.59 Å². The molecule has 7 heteroatoms. The van der Waals surface area contributed by atoms with E-state index in [0.29, 0.717) is 0 Å². The van der Waals surface area contributed by atoms with Crippen LogP contribution in [0.4, 0.5) is 5.82 Å². The highest BCUT2D eigenvalue weighted by Gasteiger charge is 2.25. The first kappa shape index (κ1) is 25.2. The molecule has 178 valence electrons. The Bertz CT molecular complexity index is 1110. The third-order valence-electron chi connectivity index (χ3n) is 5.88. The summed E-state index contributed by atoms with van der Waals surface area (Å²) in [4.78, 5) is 28.5. The van der Waals surface area contributed by atoms with Crippen LogP contribution in [0.2, 0.25) is 0 Å². The van der Waals surface area contributed by atoms with Gasteiger partial charge in [-0.1, -0.05) is 54.1 Å². The Hall–Kier alpha value is -3.38. The summed E-state index contributed by atoms with van der Waals surface area (Å²) < 4.78 is 0. The number of hydrogen-bond donors (Lipinski definition) is 2. The molecule has 7 nitrogen and oxygen atoms in total. The van der Waals surface area contributed by atoms with E-state index in [1.54, 1.807) is 0 Å². The molecule has 4 rings (SSSR count). The van der Waals surface area contributed by atoms with Gasteiger partial charge in [-0.05, 0) is 63.1 Å². The van der Waals surface area contributed by atoms with Crippen LogP contribution >= 0.6 is 0 Å². The Kier molecular flexibility index (Phi) is 9.47. The minimum Gasteiger partial charge on any atom is -0.369 e. The Morgan fingerprint density at radius 3 is 2.53 bits per heavy atom. The van der Waals surface area contributed by atoms with Crippen molar-refractivity contribution < 1.29 is 9.59 Å². The Morgan fingerprint density at radius 1 is 1.06 bits per heavy atom. The fraction of sp³-hybridized carbons (Fsp3) is 0.370. The van der Waals surface area contributed by atoms with Gasteiger partial charge in [0.05, 0.1) is 5.69 Å². The van der Waals surface area contributed by atoms with Crippen LogP contribution in [-0.4, -0.2) is 54.2 Å². The molecule has 0 aliphatic heterocycles. The largest absolute Gasteiger partial charge is 0.373 e. The number of aryl methyl sites for hydroxylation is 1. The van der Waals surface area contributed by atoms with Crippen LogP contribution in [0.5, 0.6) is 0 Å². The first-order valence-electron chi connectivity index (χ1n) is 11.7. The lowest BCUT2D eigenvalue weighted by Crippen LogP contribution is -2.24. The molecule has 0 saturated heterocycles. The predicted octanol–water partition coefficient (Wildman–Crippen LogP) is 3.45. The second kappa shape index (κ2) is 12.8. The average Bonchev–Trinajstić information content (AvgIpc) is 3.19. The first-order chi connectivity index (χ1) is 16.5. The molecule has 1 aliphatic rings. The zero-order valence-electron chi connectivity index (χ0n) is 20.0. The first-order valence-corrected chi connectivity index (χ1v) is 11.7. The lowest BCUT2D eigenvalue weighted by Gasteiger charge is -2.17. The highest BCUT2D eigenvalue weighted by molar-refractivity contribution is 5.84. The number of fused-ring (bicyclic) bond motifs is 3. The van der Waals surface area contributed by atoms with Gasteiger partial charge in [0.15, 0.2) is 0 Å². The topological polar surface area (TPSA) is 101 Å². The fourth-order valence-electron chi connectivity index (χ4n) is 4.28. The fourth-order valence-corrected chi connectivity index (χ4v) is 4.28. The summed E-state index contributed by atoms with van der Waals surface area (Å²) in [5.74, 6) is 1.86. The van der Waals surface area contributed by atoms with Crippen LogP contribution in [0.3, 0.4) is 0 Å². The van der Waals surface area contributed by atoms with E-state index in [9.17, 15) is 0 Å². The number of benzene rings is 2. The molecule has 0 atom stereocenters. The number of nitrogens with one attached hydrogen (secondary N) is 1. The van der Waals surface area contributed by atoms with Crippen molar-refractivity contribution in [3.63, 3.8) is 0 Å². The highest BCUT2D eigenvalue weighted by Crippen LogP contribution is 2.40. The summed E-state index contributed by atoms with van der Waals surface area (Å²) in [6.07, 6.45) is 3.99. The summed E-state index contributed by atoms with van der Waals surface area (Å²) in [5, 5.41) is 3.64. The van der Waals surface area contributed by atoms with Crippen LogP contribution in [0.15, 0.2) is 48.5 Å². The number of nitrogens with zero attached hydrogens (tertiary/aromatic N) is 3. The average molecular weight is 460 g/mol. The number of anilines is 1. The van der Waals surface area contributed by atoms with E-state index in [1.807, 2.05) is 6.07 Å². The lowest BCUT2D eigenvalue weighted by molar-refractivity contribution is -0.191. The lowest BCUT2D eigenvalue weighted by atomic mass is 10.0. The SMILES string of the molecule is Cc1ccc2c(c1)Cc1nc(Cc3ccccc3)nc(NCCCN(C)CCCN)c1-2.O=C=O. The normalized spacial score (nSPS) is 11.3. The molecule has 1 heterocycles. The van der Waals surface area contributed by atoms with Crippen molar-refractivity contribution in [1.82, 2.24) is 14.9 Å². The van der Waals surface area contributed by atoms with Crippen LogP contribution in [-0.2, 0) is 22.4 Å². The molecule has 34 heavy (non-hydrogen) atoms. The molecule has 2 aromatic carbocycles. The third-order valence-corrected chi connectivity index (χ3v) is 5.88. The van der Waals surface area contributed by atoms with Crippen molar-refractivity contribution in [1.29, 1.82) is 0 Å². The molecular formula is C27H33N5O2. The highest BCUT2D eigenvalue weighted by atomic mass is 16.2. The van der Waals surface area contributed by atoms with Gasteiger partial charge in [0.25, 0.3) is 0 Å². The van der Waals surface area contributed by atoms with Crippen molar-refractivity contribution in [2.45, 2.75) is 32.6 Å². The molecule has 1 aromatic heterocycles. The van der Waals surface area contributed by atoms with E-state index < -0.39 is 0 Å². The zero-order chi connectivity index (χ0) is 24.3. The number of hydrogen-bond acceptors (Lipinski definition) is 7. The van der Waals surface area contributed by atoms with Crippen LogP contribution in [0.25, 0.3) is 11.1 Å². The summed E-state index contributed by atoms with van der Waals surface area (Å²) in [7, 11) is 2.16. The Morgan fingerprint density at radius 2 is 1.79 bits per heavy atom. The zero-order valence-corrected chi connectivity index (χ0v) is 20.0. The van der Waals surface area contributed by atoms with Gasteiger partial charge in [-0.25, -0.2) is 9.97 Å². The Labute approximate surface area is 201 Å². The van der Waals surface area contributed by atoms with E-state index in [2.05, 4.69) is 66.7 Å². The van der Waals surface area contributed by atoms with Crippen molar-refractivity contribution in [2.75, 3.05) is 38.5 Å².